The first-order valence-electron chi connectivity index (χ1n) is 5.16. The fourth-order valence-corrected chi connectivity index (χ4v) is 1.58. The van der Waals surface area contributed by atoms with Crippen molar-refractivity contribution >= 4 is 18.3 Å². The van der Waals surface area contributed by atoms with Gasteiger partial charge in [0.1, 0.15) is 0 Å². The molecule has 0 aromatic rings. The third-order valence-electron chi connectivity index (χ3n) is 2.36. The van der Waals surface area contributed by atoms with Crippen molar-refractivity contribution < 1.29 is 4.79 Å². The quantitative estimate of drug-likeness (QED) is 0.742. The molecule has 1 unspecified atom stereocenters. The Hall–Kier alpha value is -0.280. The number of rotatable bonds is 6. The predicted molar refractivity (Wildman–Crippen MR) is 62.9 cm³/mol. The zero-order chi connectivity index (χ0) is 10.3. The summed E-state index contributed by atoms with van der Waals surface area (Å²) >= 11 is 0. The van der Waals surface area contributed by atoms with Gasteiger partial charge in [-0.05, 0) is 19.5 Å². The van der Waals surface area contributed by atoms with Gasteiger partial charge in [-0.3, -0.25) is 9.69 Å². The monoisotopic (exact) mass is 222 g/mol. The van der Waals surface area contributed by atoms with Crippen LogP contribution in [0.4, 0.5) is 0 Å². The summed E-state index contributed by atoms with van der Waals surface area (Å²) < 4.78 is 0. The van der Waals surface area contributed by atoms with Gasteiger partial charge >= 0.3 is 0 Å². The lowest BCUT2D eigenvalue weighted by Gasteiger charge is -2.27. The molecule has 4 heteroatoms. The maximum Gasteiger partial charge on any atom is 0.237 e. The number of carbonyl (C=O) groups excluding carboxylic acids is 1. The van der Waals surface area contributed by atoms with Crippen LogP contribution in [0.2, 0.25) is 0 Å². The third-order valence-corrected chi connectivity index (χ3v) is 2.36. The van der Waals surface area contributed by atoms with E-state index in [2.05, 4.69) is 31.0 Å². The molecule has 0 spiro atoms. The smallest absolute Gasteiger partial charge is 0.237 e. The molecule has 0 bridgehead atoms. The minimum atomic E-state index is 0. The maximum atomic E-state index is 11.5. The first-order valence-corrected chi connectivity index (χ1v) is 5.16. The van der Waals surface area contributed by atoms with Gasteiger partial charge in [0, 0.05) is 7.05 Å². The number of likely N-dealkylation sites (N-methyl/N-ethyl adjacent to an activating group) is 2. The molecule has 0 aliphatic rings. The second kappa shape index (κ2) is 9.28. The van der Waals surface area contributed by atoms with Crippen LogP contribution in [0.1, 0.15) is 33.6 Å². The average Bonchev–Trinajstić information content (AvgIpc) is 2.17. The standard InChI is InChI=1S/C10H22N2O.ClH/c1-5-8-9(10(13)11-4)12(6-2)7-3;/h9H,5-8H2,1-4H3,(H,11,13);1H. The summed E-state index contributed by atoms with van der Waals surface area (Å²) in [7, 11) is 1.70. The minimum Gasteiger partial charge on any atom is -0.358 e. The number of hydrogen-bond acceptors (Lipinski definition) is 2. The predicted octanol–water partition coefficient (Wildman–Crippen LogP) is 1.66. The van der Waals surface area contributed by atoms with Gasteiger partial charge in [-0.25, -0.2) is 0 Å². The number of halogens is 1. The summed E-state index contributed by atoms with van der Waals surface area (Å²) in [5.74, 6) is 0.144. The number of carbonyl (C=O) groups is 1. The molecule has 0 rings (SSSR count). The Balaban J connectivity index is 0. The minimum absolute atomic E-state index is 0. The molecule has 0 aromatic heterocycles. The van der Waals surface area contributed by atoms with Crippen molar-refractivity contribution in [3.05, 3.63) is 0 Å². The van der Waals surface area contributed by atoms with Gasteiger partial charge in [-0.1, -0.05) is 27.2 Å². The van der Waals surface area contributed by atoms with Crippen LogP contribution < -0.4 is 5.32 Å². The van der Waals surface area contributed by atoms with Gasteiger partial charge in [0.15, 0.2) is 0 Å². The van der Waals surface area contributed by atoms with Crippen molar-refractivity contribution in [3.63, 3.8) is 0 Å². The fraction of sp³-hybridized carbons (Fsp3) is 0.900. The molecule has 0 aliphatic heterocycles. The van der Waals surface area contributed by atoms with Crippen LogP contribution in [0.5, 0.6) is 0 Å². The Morgan fingerprint density at radius 3 is 2.07 bits per heavy atom. The summed E-state index contributed by atoms with van der Waals surface area (Å²) in [5, 5.41) is 2.72. The molecule has 3 nitrogen and oxygen atoms in total. The highest BCUT2D eigenvalue weighted by atomic mass is 35.5. The summed E-state index contributed by atoms with van der Waals surface area (Å²) in [6.07, 6.45) is 2.00. The van der Waals surface area contributed by atoms with Crippen LogP contribution in [0.25, 0.3) is 0 Å². The summed E-state index contributed by atoms with van der Waals surface area (Å²) in [4.78, 5) is 13.7. The lowest BCUT2D eigenvalue weighted by Crippen LogP contribution is -2.45. The van der Waals surface area contributed by atoms with Gasteiger partial charge in [0.2, 0.25) is 5.91 Å². The number of amides is 1. The van der Waals surface area contributed by atoms with Gasteiger partial charge in [-0.15, -0.1) is 12.4 Å². The number of hydrogen-bond donors (Lipinski definition) is 1. The molecule has 0 radical (unpaired) electrons. The van der Waals surface area contributed by atoms with E-state index in [-0.39, 0.29) is 24.4 Å². The van der Waals surface area contributed by atoms with Crippen molar-refractivity contribution in [1.29, 1.82) is 0 Å². The number of nitrogens with one attached hydrogen (secondary N) is 1. The first kappa shape index (κ1) is 16.2. The van der Waals surface area contributed by atoms with Crippen LogP contribution in [0, 0.1) is 0 Å². The highest BCUT2D eigenvalue weighted by Gasteiger charge is 2.21. The molecule has 1 atom stereocenters. The SMILES string of the molecule is CCCC(C(=O)NC)N(CC)CC.Cl. The molecular formula is C10H23ClN2O. The van der Waals surface area contributed by atoms with Crippen LogP contribution in [0.15, 0.2) is 0 Å². The Kier molecular flexibility index (Phi) is 10.7. The molecule has 1 amide bonds. The lowest BCUT2D eigenvalue weighted by molar-refractivity contribution is -0.126. The van der Waals surface area contributed by atoms with E-state index in [0.29, 0.717) is 0 Å². The van der Waals surface area contributed by atoms with E-state index in [9.17, 15) is 4.79 Å². The van der Waals surface area contributed by atoms with E-state index in [0.717, 1.165) is 25.9 Å². The van der Waals surface area contributed by atoms with Gasteiger partial charge in [0.25, 0.3) is 0 Å². The Morgan fingerprint density at radius 2 is 1.79 bits per heavy atom. The van der Waals surface area contributed by atoms with Crippen molar-refractivity contribution in [2.24, 2.45) is 0 Å². The summed E-state index contributed by atoms with van der Waals surface area (Å²) in [6, 6.07) is 0.0602. The summed E-state index contributed by atoms with van der Waals surface area (Å²) in [5.41, 5.74) is 0. The Bertz CT molecular complexity index is 149. The molecule has 0 saturated heterocycles. The Morgan fingerprint density at radius 1 is 1.29 bits per heavy atom. The van der Waals surface area contributed by atoms with E-state index in [1.54, 1.807) is 7.05 Å². The van der Waals surface area contributed by atoms with Crippen LogP contribution in [-0.4, -0.2) is 37.0 Å². The zero-order valence-electron chi connectivity index (χ0n) is 9.67. The molecule has 86 valence electrons. The zero-order valence-corrected chi connectivity index (χ0v) is 10.5. The molecule has 0 aliphatic carbocycles. The van der Waals surface area contributed by atoms with Crippen LogP contribution in [-0.2, 0) is 4.79 Å². The maximum absolute atomic E-state index is 11.5. The van der Waals surface area contributed by atoms with Crippen LogP contribution >= 0.6 is 12.4 Å². The fourth-order valence-electron chi connectivity index (χ4n) is 1.58. The van der Waals surface area contributed by atoms with E-state index in [1.165, 1.54) is 0 Å². The number of nitrogens with zero attached hydrogens (tertiary/aromatic N) is 1. The molecule has 14 heavy (non-hydrogen) atoms. The van der Waals surface area contributed by atoms with E-state index >= 15 is 0 Å². The largest absolute Gasteiger partial charge is 0.358 e. The van der Waals surface area contributed by atoms with Gasteiger partial charge in [-0.2, -0.15) is 0 Å². The molecule has 0 fully saturated rings. The van der Waals surface area contributed by atoms with E-state index in [1.807, 2.05) is 0 Å². The van der Waals surface area contributed by atoms with Crippen molar-refractivity contribution in [2.45, 2.75) is 39.7 Å². The van der Waals surface area contributed by atoms with Crippen LogP contribution in [0.3, 0.4) is 0 Å². The average molecular weight is 223 g/mol. The van der Waals surface area contributed by atoms with Crippen molar-refractivity contribution in [2.75, 3.05) is 20.1 Å². The second-order valence-electron chi connectivity index (χ2n) is 3.14. The lowest BCUT2D eigenvalue weighted by atomic mass is 10.1. The third kappa shape index (κ3) is 4.82. The van der Waals surface area contributed by atoms with Gasteiger partial charge in [0.05, 0.1) is 6.04 Å². The van der Waals surface area contributed by atoms with Crippen molar-refractivity contribution in [1.82, 2.24) is 10.2 Å². The molecule has 0 aromatic carbocycles. The van der Waals surface area contributed by atoms with E-state index < -0.39 is 0 Å². The molecular weight excluding hydrogens is 200 g/mol. The van der Waals surface area contributed by atoms with Crippen molar-refractivity contribution in [3.8, 4) is 0 Å². The topological polar surface area (TPSA) is 32.3 Å². The highest BCUT2D eigenvalue weighted by molar-refractivity contribution is 5.85. The van der Waals surface area contributed by atoms with E-state index in [4.69, 9.17) is 0 Å². The molecule has 1 N–H and O–H groups in total. The second-order valence-corrected chi connectivity index (χ2v) is 3.14. The van der Waals surface area contributed by atoms with Gasteiger partial charge < -0.3 is 5.32 Å². The molecule has 0 saturated carbocycles. The first-order chi connectivity index (χ1) is 6.21. The summed E-state index contributed by atoms with van der Waals surface area (Å²) in [6.45, 7) is 8.17. The normalized spacial score (nSPS) is 12.1. The highest BCUT2D eigenvalue weighted by Crippen LogP contribution is 2.06. The molecule has 0 heterocycles. The Labute approximate surface area is 93.6 Å².